The first-order valence-electron chi connectivity index (χ1n) is 6.32. The maximum Gasteiger partial charge on any atom is 0.0905 e. The number of thiophene rings is 2. The molecule has 3 aromatic rings. The number of halogens is 2. The van der Waals surface area contributed by atoms with Crippen LogP contribution in [0.15, 0.2) is 47.2 Å². The molecule has 0 nitrogen and oxygen atoms in total. The lowest BCUT2D eigenvalue weighted by molar-refractivity contribution is 1.60. The second-order valence-electron chi connectivity index (χ2n) is 4.27. The Morgan fingerprint density at radius 3 is 1.32 bits per heavy atom. The summed E-state index contributed by atoms with van der Waals surface area (Å²) in [5.74, 6) is 12.8. The quantitative estimate of drug-likeness (QED) is 0.248. The SMILES string of the molecule is Ic1ccsc1C#Cc1ccc(C#Cc2sccc2I)cc1. The molecule has 4 heteroatoms. The van der Waals surface area contributed by atoms with Crippen molar-refractivity contribution in [3.05, 3.63) is 75.2 Å². The molecule has 0 aliphatic carbocycles. The van der Waals surface area contributed by atoms with Crippen LogP contribution in [0.1, 0.15) is 20.9 Å². The van der Waals surface area contributed by atoms with E-state index in [-0.39, 0.29) is 0 Å². The first-order chi connectivity index (χ1) is 10.7. The minimum atomic E-state index is 1.01. The van der Waals surface area contributed by atoms with Gasteiger partial charge in [-0.15, -0.1) is 22.7 Å². The number of benzene rings is 1. The summed E-state index contributed by atoms with van der Waals surface area (Å²) in [7, 11) is 0. The van der Waals surface area contributed by atoms with Crippen molar-refractivity contribution >= 4 is 67.9 Å². The van der Waals surface area contributed by atoms with E-state index in [4.69, 9.17) is 0 Å². The van der Waals surface area contributed by atoms with Gasteiger partial charge in [-0.1, -0.05) is 11.8 Å². The molecule has 2 aromatic heterocycles. The van der Waals surface area contributed by atoms with Gasteiger partial charge in [0.2, 0.25) is 0 Å². The molecule has 0 unspecified atom stereocenters. The average Bonchev–Trinajstić information content (AvgIpc) is 3.12. The van der Waals surface area contributed by atoms with E-state index in [9.17, 15) is 0 Å². The van der Waals surface area contributed by atoms with Gasteiger partial charge in [-0.2, -0.15) is 0 Å². The molecule has 1 aromatic carbocycles. The Hall–Kier alpha value is -0.800. The van der Waals surface area contributed by atoms with Gasteiger partial charge < -0.3 is 0 Å². The molecule has 0 bridgehead atoms. The van der Waals surface area contributed by atoms with Gasteiger partial charge >= 0.3 is 0 Å². The van der Waals surface area contributed by atoms with E-state index in [1.807, 2.05) is 24.3 Å². The Labute approximate surface area is 165 Å². The molecule has 106 valence electrons. The zero-order valence-electron chi connectivity index (χ0n) is 11.2. The zero-order chi connectivity index (χ0) is 15.4. The van der Waals surface area contributed by atoms with Crippen LogP contribution in [-0.2, 0) is 0 Å². The van der Waals surface area contributed by atoms with Crippen molar-refractivity contribution in [2.24, 2.45) is 0 Å². The average molecular weight is 542 g/mol. The normalized spacial score (nSPS) is 9.55. The monoisotopic (exact) mass is 542 g/mol. The smallest absolute Gasteiger partial charge is 0.0905 e. The van der Waals surface area contributed by atoms with Gasteiger partial charge in [0.25, 0.3) is 0 Å². The van der Waals surface area contributed by atoms with Gasteiger partial charge in [0, 0.05) is 18.3 Å². The highest BCUT2D eigenvalue weighted by molar-refractivity contribution is 14.1. The van der Waals surface area contributed by atoms with E-state index in [2.05, 4.69) is 91.8 Å². The molecule has 0 amide bonds. The van der Waals surface area contributed by atoms with E-state index in [1.165, 1.54) is 7.14 Å². The number of hydrogen-bond donors (Lipinski definition) is 0. The van der Waals surface area contributed by atoms with Crippen LogP contribution >= 0.6 is 67.9 Å². The van der Waals surface area contributed by atoms with Crippen molar-refractivity contribution < 1.29 is 0 Å². The van der Waals surface area contributed by atoms with Gasteiger partial charge in [0.05, 0.1) is 9.75 Å². The van der Waals surface area contributed by atoms with E-state index in [1.54, 1.807) is 22.7 Å². The Morgan fingerprint density at radius 2 is 1.00 bits per heavy atom. The molecule has 0 fully saturated rings. The van der Waals surface area contributed by atoms with Crippen LogP contribution in [0, 0.1) is 30.8 Å². The molecule has 0 saturated heterocycles. The van der Waals surface area contributed by atoms with E-state index in [0.29, 0.717) is 0 Å². The maximum absolute atomic E-state index is 3.22. The summed E-state index contributed by atoms with van der Waals surface area (Å²) in [6.07, 6.45) is 0. The van der Waals surface area contributed by atoms with Crippen LogP contribution in [0.3, 0.4) is 0 Å². The summed E-state index contributed by atoms with van der Waals surface area (Å²) in [6.45, 7) is 0. The molecule has 0 spiro atoms. The number of hydrogen-bond acceptors (Lipinski definition) is 2. The predicted molar refractivity (Wildman–Crippen MR) is 112 cm³/mol. The Bertz CT molecular complexity index is 832. The van der Waals surface area contributed by atoms with Crippen molar-refractivity contribution in [2.75, 3.05) is 0 Å². The summed E-state index contributed by atoms with van der Waals surface area (Å²) in [4.78, 5) is 2.24. The standard InChI is InChI=1S/C18H8I2S2/c19-15-9-11-21-17(15)7-5-13-1-2-14(4-3-13)6-8-18-16(20)10-12-22-18/h1-4,9-12H. The van der Waals surface area contributed by atoms with Gasteiger partial charge in [0.15, 0.2) is 0 Å². The molecule has 0 radical (unpaired) electrons. The molecule has 0 atom stereocenters. The van der Waals surface area contributed by atoms with Crippen LogP contribution < -0.4 is 0 Å². The Balaban J connectivity index is 1.77. The molecular weight excluding hydrogens is 534 g/mol. The van der Waals surface area contributed by atoms with Crippen LogP contribution in [0.25, 0.3) is 0 Å². The van der Waals surface area contributed by atoms with Crippen molar-refractivity contribution in [3.8, 4) is 23.7 Å². The van der Waals surface area contributed by atoms with Gasteiger partial charge in [-0.3, -0.25) is 0 Å². The maximum atomic E-state index is 3.22. The largest absolute Gasteiger partial charge is 0.134 e. The van der Waals surface area contributed by atoms with E-state index >= 15 is 0 Å². The lowest BCUT2D eigenvalue weighted by Crippen LogP contribution is -1.78. The van der Waals surface area contributed by atoms with Crippen LogP contribution in [0.4, 0.5) is 0 Å². The number of rotatable bonds is 0. The van der Waals surface area contributed by atoms with Crippen LogP contribution in [-0.4, -0.2) is 0 Å². The molecule has 0 saturated carbocycles. The predicted octanol–water partition coefficient (Wildman–Crippen LogP) is 5.82. The lowest BCUT2D eigenvalue weighted by Gasteiger charge is -1.92. The third-order valence-corrected chi connectivity index (χ3v) is 6.95. The molecular formula is C18H8I2S2. The van der Waals surface area contributed by atoms with Crippen molar-refractivity contribution in [1.29, 1.82) is 0 Å². The molecule has 0 aliphatic heterocycles. The first-order valence-corrected chi connectivity index (χ1v) is 10.2. The molecule has 3 rings (SSSR count). The minimum Gasteiger partial charge on any atom is -0.134 e. The van der Waals surface area contributed by atoms with Gasteiger partial charge in [0.1, 0.15) is 0 Å². The van der Waals surface area contributed by atoms with Crippen LogP contribution in [0.5, 0.6) is 0 Å². The van der Waals surface area contributed by atoms with Gasteiger partial charge in [-0.25, -0.2) is 0 Å². The third kappa shape index (κ3) is 4.14. The van der Waals surface area contributed by atoms with Crippen molar-refractivity contribution in [1.82, 2.24) is 0 Å². The summed E-state index contributed by atoms with van der Waals surface area (Å²) < 4.78 is 2.42. The summed E-state index contributed by atoms with van der Waals surface area (Å²) in [5, 5.41) is 4.13. The fourth-order valence-corrected chi connectivity index (χ4v) is 4.80. The molecule has 22 heavy (non-hydrogen) atoms. The van der Waals surface area contributed by atoms with E-state index in [0.717, 1.165) is 20.9 Å². The lowest BCUT2D eigenvalue weighted by atomic mass is 10.1. The highest BCUT2D eigenvalue weighted by Gasteiger charge is 1.97. The summed E-state index contributed by atoms with van der Waals surface area (Å²) in [6, 6.07) is 12.3. The van der Waals surface area contributed by atoms with E-state index < -0.39 is 0 Å². The molecule has 2 heterocycles. The zero-order valence-corrected chi connectivity index (χ0v) is 17.1. The summed E-state index contributed by atoms with van der Waals surface area (Å²) in [5.41, 5.74) is 2.03. The third-order valence-electron chi connectivity index (χ3n) is 2.76. The Morgan fingerprint density at radius 1 is 0.591 bits per heavy atom. The fraction of sp³-hybridized carbons (Fsp3) is 0. The molecule has 0 aliphatic rings. The molecule has 0 N–H and O–H groups in total. The summed E-state index contributed by atoms with van der Waals surface area (Å²) >= 11 is 7.98. The van der Waals surface area contributed by atoms with Gasteiger partial charge in [-0.05, 0) is 104 Å². The highest BCUT2D eigenvalue weighted by Crippen LogP contribution is 2.18. The first kappa shape index (κ1) is 16.1. The fourth-order valence-electron chi connectivity index (χ4n) is 1.66. The Kier molecular flexibility index (Phi) is 5.59. The van der Waals surface area contributed by atoms with Crippen LogP contribution in [0.2, 0.25) is 0 Å². The highest BCUT2D eigenvalue weighted by atomic mass is 127. The van der Waals surface area contributed by atoms with Crippen molar-refractivity contribution in [3.63, 3.8) is 0 Å². The second-order valence-corrected chi connectivity index (χ2v) is 8.43. The van der Waals surface area contributed by atoms with Crippen molar-refractivity contribution in [2.45, 2.75) is 0 Å². The minimum absolute atomic E-state index is 1.01. The topological polar surface area (TPSA) is 0 Å². The second kappa shape index (κ2) is 7.65.